The van der Waals surface area contributed by atoms with Crippen molar-refractivity contribution in [2.24, 2.45) is 11.8 Å². The average molecular weight is 329 g/mol. The van der Waals surface area contributed by atoms with Crippen LogP contribution < -0.4 is 5.43 Å². The van der Waals surface area contributed by atoms with Gasteiger partial charge in [0.1, 0.15) is 5.56 Å². The minimum absolute atomic E-state index is 0.202. The van der Waals surface area contributed by atoms with Crippen molar-refractivity contribution in [1.82, 2.24) is 10.4 Å². The molecule has 0 aromatic heterocycles. The summed E-state index contributed by atoms with van der Waals surface area (Å²) in [4.78, 5) is 47.4. The highest BCUT2D eigenvalue weighted by Gasteiger charge is 2.49. The summed E-state index contributed by atoms with van der Waals surface area (Å²) in [6, 6.07) is 5.37. The number of carbonyl (C=O) groups is 3. The van der Waals surface area contributed by atoms with Crippen molar-refractivity contribution in [3.05, 3.63) is 51.6 Å². The number of nitrogens with zero attached hydrogens (tertiary/aromatic N) is 2. The minimum atomic E-state index is -0.854. The first-order valence-electron chi connectivity index (χ1n) is 7.48. The van der Waals surface area contributed by atoms with Crippen LogP contribution in [0.25, 0.3) is 0 Å². The zero-order valence-electron chi connectivity index (χ0n) is 12.9. The zero-order valence-corrected chi connectivity index (χ0v) is 12.9. The van der Waals surface area contributed by atoms with E-state index in [-0.39, 0.29) is 11.3 Å². The smallest absolute Gasteiger partial charge is 0.272 e. The summed E-state index contributed by atoms with van der Waals surface area (Å²) in [5.41, 5.74) is 2.67. The lowest BCUT2D eigenvalue weighted by atomic mass is 9.82. The molecule has 24 heavy (non-hydrogen) atoms. The standard InChI is InChI=1S/C16H15N3O5/c1-9-6-7-10-12(8-9)16(22)18(15(10)21)17-14(20)11-4-2-3-5-13(11)19(23)24/h2-6,10,12H,7-8H2,1H3,(H,17,20)/t10-,12+/m1/s1. The summed E-state index contributed by atoms with van der Waals surface area (Å²) in [5.74, 6) is -2.75. The van der Waals surface area contributed by atoms with Crippen LogP contribution in [0.4, 0.5) is 5.69 Å². The van der Waals surface area contributed by atoms with Crippen molar-refractivity contribution in [2.75, 3.05) is 0 Å². The van der Waals surface area contributed by atoms with E-state index in [0.29, 0.717) is 17.9 Å². The van der Waals surface area contributed by atoms with Gasteiger partial charge in [-0.15, -0.1) is 0 Å². The van der Waals surface area contributed by atoms with Crippen LogP contribution in [0.15, 0.2) is 35.9 Å². The summed E-state index contributed by atoms with van der Waals surface area (Å²) < 4.78 is 0. The highest BCUT2D eigenvalue weighted by atomic mass is 16.6. The SMILES string of the molecule is CC1=CC[C@H]2C(=O)N(NC(=O)c3ccccc3[N+](=O)[O-])C(=O)[C@H]2C1. The molecule has 1 aliphatic carbocycles. The number of nitro benzene ring substituents is 1. The maximum atomic E-state index is 12.4. The molecule has 1 fully saturated rings. The molecule has 1 N–H and O–H groups in total. The number of hydrazine groups is 1. The molecule has 8 nitrogen and oxygen atoms in total. The van der Waals surface area contributed by atoms with Gasteiger partial charge in [0.25, 0.3) is 23.4 Å². The third-order valence-electron chi connectivity index (χ3n) is 4.38. The predicted octanol–water partition coefficient (Wildman–Crippen LogP) is 1.58. The second-order valence-corrected chi connectivity index (χ2v) is 5.93. The first kappa shape index (κ1) is 15.9. The van der Waals surface area contributed by atoms with Gasteiger partial charge in [-0.3, -0.25) is 29.9 Å². The number of imide groups is 1. The molecule has 2 atom stereocenters. The number of hydrogen-bond acceptors (Lipinski definition) is 5. The van der Waals surface area contributed by atoms with Gasteiger partial charge >= 0.3 is 0 Å². The monoisotopic (exact) mass is 329 g/mol. The third-order valence-corrected chi connectivity index (χ3v) is 4.38. The molecule has 124 valence electrons. The van der Waals surface area contributed by atoms with Gasteiger partial charge in [-0.2, -0.15) is 5.01 Å². The second kappa shape index (κ2) is 5.88. The molecule has 0 radical (unpaired) electrons. The molecule has 1 aliphatic heterocycles. The van der Waals surface area contributed by atoms with Crippen LogP contribution >= 0.6 is 0 Å². The van der Waals surface area contributed by atoms with E-state index in [1.54, 1.807) is 0 Å². The van der Waals surface area contributed by atoms with Gasteiger partial charge in [-0.25, -0.2) is 0 Å². The summed E-state index contributed by atoms with van der Waals surface area (Å²) in [6.45, 7) is 1.89. The fourth-order valence-corrected chi connectivity index (χ4v) is 3.13. The minimum Gasteiger partial charge on any atom is -0.272 e. The maximum Gasteiger partial charge on any atom is 0.282 e. The Bertz CT molecular complexity index is 786. The van der Waals surface area contributed by atoms with E-state index in [9.17, 15) is 24.5 Å². The zero-order chi connectivity index (χ0) is 17.4. The van der Waals surface area contributed by atoms with Gasteiger partial charge in [0, 0.05) is 6.07 Å². The van der Waals surface area contributed by atoms with Gasteiger partial charge < -0.3 is 0 Å². The maximum absolute atomic E-state index is 12.4. The molecule has 1 aromatic rings. The molecule has 2 aliphatic rings. The van der Waals surface area contributed by atoms with E-state index in [1.807, 2.05) is 13.0 Å². The fraction of sp³-hybridized carbons (Fsp3) is 0.312. The number of fused-ring (bicyclic) bond motifs is 1. The second-order valence-electron chi connectivity index (χ2n) is 5.93. The van der Waals surface area contributed by atoms with E-state index in [1.165, 1.54) is 24.3 Å². The highest BCUT2D eigenvalue weighted by molar-refractivity contribution is 6.08. The van der Waals surface area contributed by atoms with Gasteiger partial charge in [0.2, 0.25) is 0 Å². The Balaban J connectivity index is 1.82. The number of hydrogen-bond donors (Lipinski definition) is 1. The largest absolute Gasteiger partial charge is 0.282 e. The van der Waals surface area contributed by atoms with Crippen molar-refractivity contribution < 1.29 is 19.3 Å². The third kappa shape index (κ3) is 2.55. The lowest BCUT2D eigenvalue weighted by molar-refractivity contribution is -0.385. The van der Waals surface area contributed by atoms with E-state index >= 15 is 0 Å². The molecule has 3 rings (SSSR count). The first-order chi connectivity index (χ1) is 11.4. The van der Waals surface area contributed by atoms with Gasteiger partial charge in [0.15, 0.2) is 0 Å². The van der Waals surface area contributed by atoms with Crippen molar-refractivity contribution in [2.45, 2.75) is 19.8 Å². The van der Waals surface area contributed by atoms with Crippen LogP contribution in [-0.4, -0.2) is 27.7 Å². The number of rotatable bonds is 3. The number of nitrogens with one attached hydrogen (secondary N) is 1. The van der Waals surface area contributed by atoms with Gasteiger partial charge in [-0.05, 0) is 25.8 Å². The molecular formula is C16H15N3O5. The summed E-state index contributed by atoms with van der Waals surface area (Å²) in [7, 11) is 0. The summed E-state index contributed by atoms with van der Waals surface area (Å²) in [5, 5.41) is 11.7. The van der Waals surface area contributed by atoms with Crippen molar-refractivity contribution in [1.29, 1.82) is 0 Å². The lowest BCUT2D eigenvalue weighted by Gasteiger charge is -2.18. The summed E-state index contributed by atoms with van der Waals surface area (Å²) in [6.07, 6.45) is 2.85. The van der Waals surface area contributed by atoms with Crippen LogP contribution in [0.5, 0.6) is 0 Å². The Morgan fingerprint density at radius 3 is 2.62 bits per heavy atom. The highest BCUT2D eigenvalue weighted by Crippen LogP contribution is 2.37. The van der Waals surface area contributed by atoms with Crippen LogP contribution in [0, 0.1) is 22.0 Å². The normalized spacial score (nSPS) is 22.9. The topological polar surface area (TPSA) is 110 Å². The number of nitro groups is 1. The lowest BCUT2D eigenvalue weighted by Crippen LogP contribution is -2.46. The number of amides is 3. The van der Waals surface area contributed by atoms with Gasteiger partial charge in [-0.1, -0.05) is 23.8 Å². The van der Waals surface area contributed by atoms with E-state index < -0.39 is 34.5 Å². The molecule has 1 heterocycles. The Labute approximate surface area is 137 Å². The summed E-state index contributed by atoms with van der Waals surface area (Å²) >= 11 is 0. The van der Waals surface area contributed by atoms with Crippen LogP contribution in [0.3, 0.4) is 0 Å². The van der Waals surface area contributed by atoms with Crippen molar-refractivity contribution in [3.8, 4) is 0 Å². The molecule has 0 unspecified atom stereocenters. The van der Waals surface area contributed by atoms with Crippen molar-refractivity contribution in [3.63, 3.8) is 0 Å². The van der Waals surface area contributed by atoms with E-state index in [4.69, 9.17) is 0 Å². The van der Waals surface area contributed by atoms with Crippen molar-refractivity contribution >= 4 is 23.4 Å². The molecule has 0 saturated carbocycles. The Kier molecular flexibility index (Phi) is 3.88. The fourth-order valence-electron chi connectivity index (χ4n) is 3.13. The first-order valence-corrected chi connectivity index (χ1v) is 7.48. The molecule has 8 heteroatoms. The molecule has 1 saturated heterocycles. The van der Waals surface area contributed by atoms with E-state index in [2.05, 4.69) is 5.43 Å². The predicted molar refractivity (Wildman–Crippen MR) is 82.4 cm³/mol. The Hall–Kier alpha value is -3.03. The Morgan fingerprint density at radius 1 is 1.25 bits per heavy atom. The van der Waals surface area contributed by atoms with Crippen LogP contribution in [0.2, 0.25) is 0 Å². The quantitative estimate of drug-likeness (QED) is 0.392. The van der Waals surface area contributed by atoms with Crippen LogP contribution in [0.1, 0.15) is 30.1 Å². The average Bonchev–Trinajstić information content (AvgIpc) is 2.79. The number of benzene rings is 1. The van der Waals surface area contributed by atoms with Gasteiger partial charge in [0.05, 0.1) is 16.8 Å². The number of para-hydroxylation sites is 1. The molecule has 1 aromatic carbocycles. The molecule has 3 amide bonds. The molecule has 0 spiro atoms. The number of carbonyl (C=O) groups excluding carboxylic acids is 3. The Morgan fingerprint density at radius 2 is 1.92 bits per heavy atom. The molecule has 0 bridgehead atoms. The van der Waals surface area contributed by atoms with E-state index in [0.717, 1.165) is 5.57 Å². The molecular weight excluding hydrogens is 314 g/mol. The number of allylic oxidation sites excluding steroid dienone is 2. The van der Waals surface area contributed by atoms with Crippen LogP contribution in [-0.2, 0) is 9.59 Å².